The van der Waals surface area contributed by atoms with Gasteiger partial charge in [0.15, 0.2) is 0 Å². The Hall–Kier alpha value is -1.26. The van der Waals surface area contributed by atoms with Crippen LogP contribution in [0, 0.1) is 0 Å². The molecular formula is C15H25N3O. The molecule has 4 nitrogen and oxygen atoms in total. The summed E-state index contributed by atoms with van der Waals surface area (Å²) in [6, 6.07) is 8.20. The number of nitrogens with zero attached hydrogens (tertiary/aromatic N) is 2. The van der Waals surface area contributed by atoms with E-state index in [-0.39, 0.29) is 0 Å². The maximum Gasteiger partial charge on any atom is 0.119 e. The number of nitrogens with two attached hydrogens (primary N) is 1. The van der Waals surface area contributed by atoms with E-state index >= 15 is 0 Å². The highest BCUT2D eigenvalue weighted by Gasteiger charge is 2.18. The average molecular weight is 263 g/mol. The Morgan fingerprint density at radius 2 is 2.00 bits per heavy atom. The standard InChI is InChI=1S/C15H25N3O/c1-13-12-17(2)8-3-9-18(13)10-11-19-15-6-4-14(16)5-7-15/h4-7,13H,3,8-12,16H2,1-2H3. The molecule has 1 saturated heterocycles. The number of likely N-dealkylation sites (N-methyl/N-ethyl adjacent to an activating group) is 1. The fraction of sp³-hybridized carbons (Fsp3) is 0.600. The van der Waals surface area contributed by atoms with Gasteiger partial charge in [0.05, 0.1) is 0 Å². The monoisotopic (exact) mass is 263 g/mol. The van der Waals surface area contributed by atoms with E-state index in [2.05, 4.69) is 23.8 Å². The highest BCUT2D eigenvalue weighted by Crippen LogP contribution is 2.13. The molecule has 0 aromatic heterocycles. The first-order valence-electron chi connectivity index (χ1n) is 7.06. The maximum atomic E-state index is 5.77. The molecule has 0 radical (unpaired) electrons. The average Bonchev–Trinajstić information content (AvgIpc) is 2.53. The van der Waals surface area contributed by atoms with Crippen LogP contribution >= 0.6 is 0 Å². The number of benzene rings is 1. The van der Waals surface area contributed by atoms with Crippen LogP contribution in [0.1, 0.15) is 13.3 Å². The lowest BCUT2D eigenvalue weighted by Gasteiger charge is -2.27. The molecule has 1 atom stereocenters. The molecule has 0 bridgehead atoms. The summed E-state index contributed by atoms with van der Waals surface area (Å²) in [5, 5.41) is 0. The molecule has 19 heavy (non-hydrogen) atoms. The minimum absolute atomic E-state index is 0.600. The number of nitrogen functional groups attached to an aromatic ring is 1. The highest BCUT2D eigenvalue weighted by molar-refractivity contribution is 5.41. The van der Waals surface area contributed by atoms with Crippen molar-refractivity contribution in [2.75, 3.05) is 45.6 Å². The normalized spacial score (nSPS) is 22.1. The van der Waals surface area contributed by atoms with Crippen LogP contribution in [0.25, 0.3) is 0 Å². The molecule has 2 rings (SSSR count). The van der Waals surface area contributed by atoms with E-state index in [0.29, 0.717) is 6.04 Å². The van der Waals surface area contributed by atoms with Crippen LogP contribution in [-0.2, 0) is 0 Å². The Kier molecular flexibility index (Phi) is 5.05. The van der Waals surface area contributed by atoms with E-state index in [1.54, 1.807) is 0 Å². The molecule has 0 spiro atoms. The lowest BCUT2D eigenvalue weighted by molar-refractivity contribution is 0.166. The fourth-order valence-corrected chi connectivity index (χ4v) is 2.60. The first-order chi connectivity index (χ1) is 9.15. The van der Waals surface area contributed by atoms with Gasteiger partial charge in [-0.05, 0) is 57.7 Å². The minimum atomic E-state index is 0.600. The molecule has 1 aliphatic rings. The maximum absolute atomic E-state index is 5.77. The van der Waals surface area contributed by atoms with Crippen molar-refractivity contribution in [2.45, 2.75) is 19.4 Å². The molecule has 106 valence electrons. The number of ether oxygens (including phenoxy) is 1. The van der Waals surface area contributed by atoms with Crippen molar-refractivity contribution in [1.29, 1.82) is 0 Å². The quantitative estimate of drug-likeness (QED) is 0.839. The van der Waals surface area contributed by atoms with E-state index in [9.17, 15) is 0 Å². The van der Waals surface area contributed by atoms with Crippen LogP contribution in [0.3, 0.4) is 0 Å². The van der Waals surface area contributed by atoms with Gasteiger partial charge < -0.3 is 15.4 Å². The van der Waals surface area contributed by atoms with Crippen LogP contribution < -0.4 is 10.5 Å². The van der Waals surface area contributed by atoms with Gasteiger partial charge in [-0.1, -0.05) is 0 Å². The van der Waals surface area contributed by atoms with Gasteiger partial charge in [-0.2, -0.15) is 0 Å². The first kappa shape index (κ1) is 14.2. The Morgan fingerprint density at radius 1 is 1.26 bits per heavy atom. The van der Waals surface area contributed by atoms with Crippen LogP contribution in [-0.4, -0.2) is 55.7 Å². The summed E-state index contributed by atoms with van der Waals surface area (Å²) in [4.78, 5) is 4.92. The molecule has 0 amide bonds. The lowest BCUT2D eigenvalue weighted by atomic mass is 10.3. The summed E-state index contributed by atoms with van der Waals surface area (Å²) < 4.78 is 5.77. The molecule has 2 N–H and O–H groups in total. The summed E-state index contributed by atoms with van der Waals surface area (Å²) in [6.07, 6.45) is 1.24. The Morgan fingerprint density at radius 3 is 2.74 bits per heavy atom. The zero-order chi connectivity index (χ0) is 13.7. The molecule has 1 fully saturated rings. The van der Waals surface area contributed by atoms with Crippen LogP contribution in [0.4, 0.5) is 5.69 Å². The predicted octanol–water partition coefficient (Wildman–Crippen LogP) is 1.67. The van der Waals surface area contributed by atoms with E-state index in [1.807, 2.05) is 24.3 Å². The Balaban J connectivity index is 1.76. The second kappa shape index (κ2) is 6.78. The van der Waals surface area contributed by atoms with Gasteiger partial charge in [0.2, 0.25) is 0 Å². The molecular weight excluding hydrogens is 238 g/mol. The molecule has 1 aliphatic heterocycles. The smallest absolute Gasteiger partial charge is 0.119 e. The van der Waals surface area contributed by atoms with Crippen LogP contribution in [0.15, 0.2) is 24.3 Å². The third kappa shape index (κ3) is 4.40. The first-order valence-corrected chi connectivity index (χ1v) is 7.06. The van der Waals surface area contributed by atoms with Gasteiger partial charge in [0, 0.05) is 24.8 Å². The summed E-state index contributed by atoms with van der Waals surface area (Å²) in [5.41, 5.74) is 6.43. The summed E-state index contributed by atoms with van der Waals surface area (Å²) >= 11 is 0. The largest absolute Gasteiger partial charge is 0.492 e. The Bertz CT molecular complexity index is 379. The second-order valence-electron chi connectivity index (χ2n) is 5.42. The van der Waals surface area contributed by atoms with Gasteiger partial charge in [-0.3, -0.25) is 4.90 Å². The third-order valence-corrected chi connectivity index (χ3v) is 3.71. The second-order valence-corrected chi connectivity index (χ2v) is 5.42. The molecule has 1 unspecified atom stereocenters. The zero-order valence-electron chi connectivity index (χ0n) is 12.0. The number of hydrogen-bond donors (Lipinski definition) is 1. The molecule has 1 aromatic carbocycles. The molecule has 4 heteroatoms. The zero-order valence-corrected chi connectivity index (χ0v) is 12.0. The van der Waals surface area contributed by atoms with E-state index < -0.39 is 0 Å². The van der Waals surface area contributed by atoms with Crippen molar-refractivity contribution >= 4 is 5.69 Å². The van der Waals surface area contributed by atoms with Crippen molar-refractivity contribution in [1.82, 2.24) is 9.80 Å². The number of hydrogen-bond acceptors (Lipinski definition) is 4. The third-order valence-electron chi connectivity index (χ3n) is 3.71. The SMILES string of the molecule is CC1CN(C)CCCN1CCOc1ccc(N)cc1. The van der Waals surface area contributed by atoms with Crippen molar-refractivity contribution in [2.24, 2.45) is 0 Å². The molecule has 0 aliphatic carbocycles. The Labute approximate surface area is 116 Å². The van der Waals surface area contributed by atoms with Crippen LogP contribution in [0.2, 0.25) is 0 Å². The van der Waals surface area contributed by atoms with Crippen molar-refractivity contribution in [3.63, 3.8) is 0 Å². The van der Waals surface area contributed by atoms with E-state index in [0.717, 1.165) is 37.7 Å². The van der Waals surface area contributed by atoms with Gasteiger partial charge in [-0.25, -0.2) is 0 Å². The molecule has 1 heterocycles. The van der Waals surface area contributed by atoms with Gasteiger partial charge in [0.25, 0.3) is 0 Å². The highest BCUT2D eigenvalue weighted by atomic mass is 16.5. The van der Waals surface area contributed by atoms with Gasteiger partial charge in [-0.15, -0.1) is 0 Å². The summed E-state index contributed by atoms with van der Waals surface area (Å²) in [5.74, 6) is 0.897. The van der Waals surface area contributed by atoms with Crippen molar-refractivity contribution in [3.8, 4) is 5.75 Å². The topological polar surface area (TPSA) is 41.7 Å². The van der Waals surface area contributed by atoms with Crippen molar-refractivity contribution < 1.29 is 4.74 Å². The fourth-order valence-electron chi connectivity index (χ4n) is 2.60. The van der Waals surface area contributed by atoms with Crippen molar-refractivity contribution in [3.05, 3.63) is 24.3 Å². The van der Waals surface area contributed by atoms with Gasteiger partial charge >= 0.3 is 0 Å². The van der Waals surface area contributed by atoms with E-state index in [4.69, 9.17) is 10.5 Å². The van der Waals surface area contributed by atoms with Crippen LogP contribution in [0.5, 0.6) is 5.75 Å². The van der Waals surface area contributed by atoms with Gasteiger partial charge in [0.1, 0.15) is 12.4 Å². The molecule has 0 saturated carbocycles. The lowest BCUT2D eigenvalue weighted by Crippen LogP contribution is -2.40. The summed E-state index contributed by atoms with van der Waals surface area (Å²) in [7, 11) is 2.20. The summed E-state index contributed by atoms with van der Waals surface area (Å²) in [6.45, 7) is 7.51. The van der Waals surface area contributed by atoms with E-state index in [1.165, 1.54) is 13.0 Å². The predicted molar refractivity (Wildman–Crippen MR) is 79.5 cm³/mol. The number of anilines is 1. The number of rotatable bonds is 4. The molecule has 1 aromatic rings. The minimum Gasteiger partial charge on any atom is -0.492 e.